The number of carbonyl (C=O) groups excluding carboxylic acids is 2. The van der Waals surface area contributed by atoms with Crippen LogP contribution in [0.3, 0.4) is 0 Å². The van der Waals surface area contributed by atoms with Crippen LogP contribution in [-0.2, 0) is 4.79 Å². The second-order valence-corrected chi connectivity index (χ2v) is 4.47. The molecule has 1 aromatic rings. The van der Waals surface area contributed by atoms with Crippen LogP contribution in [0.15, 0.2) is 12.4 Å². The molecule has 18 heavy (non-hydrogen) atoms. The molecule has 0 aliphatic carbocycles. The topological polar surface area (TPSA) is 110 Å². The maximum atomic E-state index is 11.8. The minimum absolute atomic E-state index is 0.145. The van der Waals surface area contributed by atoms with Crippen LogP contribution < -0.4 is 16.4 Å². The maximum Gasteiger partial charge on any atom is 0.271 e. The van der Waals surface area contributed by atoms with Crippen molar-refractivity contribution in [1.82, 2.24) is 15.3 Å². The number of hydrogen-bond acceptors (Lipinski definition) is 5. The zero-order valence-electron chi connectivity index (χ0n) is 10.7. The van der Waals surface area contributed by atoms with E-state index < -0.39 is 17.2 Å². The number of anilines is 1. The van der Waals surface area contributed by atoms with Gasteiger partial charge in [0.25, 0.3) is 5.91 Å². The number of nitrogens with two attached hydrogens (primary N) is 1. The molecule has 0 spiro atoms. The molecule has 4 N–H and O–H groups in total. The SMILES string of the molecule is CNc1cncc(C(=O)NCC(C)(C)C(N)=O)n1. The number of hydrogen-bond donors (Lipinski definition) is 3. The van der Waals surface area contributed by atoms with Gasteiger partial charge >= 0.3 is 0 Å². The summed E-state index contributed by atoms with van der Waals surface area (Å²) in [6, 6.07) is 0. The van der Waals surface area contributed by atoms with Crippen LogP contribution in [-0.4, -0.2) is 35.4 Å². The molecule has 0 aliphatic rings. The molecule has 1 heterocycles. The maximum absolute atomic E-state index is 11.8. The Morgan fingerprint density at radius 3 is 2.61 bits per heavy atom. The number of amides is 2. The molecule has 1 rings (SSSR count). The molecule has 0 bridgehead atoms. The Hall–Kier alpha value is -2.18. The molecule has 7 heteroatoms. The first-order chi connectivity index (χ1) is 8.36. The number of rotatable bonds is 5. The number of carbonyl (C=O) groups is 2. The lowest BCUT2D eigenvalue weighted by molar-refractivity contribution is -0.125. The van der Waals surface area contributed by atoms with Crippen LogP contribution in [0.1, 0.15) is 24.3 Å². The highest BCUT2D eigenvalue weighted by Crippen LogP contribution is 2.12. The Balaban J connectivity index is 2.68. The molecule has 0 aliphatic heterocycles. The molecule has 0 atom stereocenters. The van der Waals surface area contributed by atoms with Gasteiger partial charge in [-0.2, -0.15) is 0 Å². The molecule has 0 unspecified atom stereocenters. The fourth-order valence-electron chi connectivity index (χ4n) is 1.07. The van der Waals surface area contributed by atoms with Gasteiger partial charge in [-0.15, -0.1) is 0 Å². The van der Waals surface area contributed by atoms with Gasteiger partial charge in [-0.25, -0.2) is 4.98 Å². The zero-order chi connectivity index (χ0) is 13.8. The summed E-state index contributed by atoms with van der Waals surface area (Å²) in [6.45, 7) is 3.46. The number of primary amides is 1. The predicted octanol–water partition coefficient (Wildman–Crippen LogP) is -0.240. The Morgan fingerprint density at radius 1 is 1.39 bits per heavy atom. The van der Waals surface area contributed by atoms with Crippen molar-refractivity contribution in [3.05, 3.63) is 18.1 Å². The Labute approximate surface area is 105 Å². The van der Waals surface area contributed by atoms with Crippen molar-refractivity contribution in [3.63, 3.8) is 0 Å². The summed E-state index contributed by atoms with van der Waals surface area (Å²) in [5, 5.41) is 5.39. The van der Waals surface area contributed by atoms with Crippen LogP contribution in [0.2, 0.25) is 0 Å². The number of nitrogens with one attached hydrogen (secondary N) is 2. The van der Waals surface area contributed by atoms with Crippen LogP contribution in [0, 0.1) is 5.41 Å². The van der Waals surface area contributed by atoms with Gasteiger partial charge in [-0.1, -0.05) is 0 Å². The van der Waals surface area contributed by atoms with Crippen molar-refractivity contribution in [2.24, 2.45) is 11.1 Å². The summed E-state index contributed by atoms with van der Waals surface area (Å²) >= 11 is 0. The van der Waals surface area contributed by atoms with E-state index in [0.29, 0.717) is 5.82 Å². The van der Waals surface area contributed by atoms with Crippen LogP contribution in [0.25, 0.3) is 0 Å². The average Bonchev–Trinajstić information content (AvgIpc) is 2.36. The highest BCUT2D eigenvalue weighted by molar-refractivity contribution is 5.92. The van der Waals surface area contributed by atoms with Crippen LogP contribution in [0.4, 0.5) is 5.82 Å². The molecule has 7 nitrogen and oxygen atoms in total. The number of aromatic nitrogens is 2. The van der Waals surface area contributed by atoms with E-state index in [1.807, 2.05) is 0 Å². The summed E-state index contributed by atoms with van der Waals surface area (Å²) in [7, 11) is 1.68. The fraction of sp³-hybridized carbons (Fsp3) is 0.455. The smallest absolute Gasteiger partial charge is 0.271 e. The summed E-state index contributed by atoms with van der Waals surface area (Å²) in [5.74, 6) is -0.372. The van der Waals surface area contributed by atoms with Crippen molar-refractivity contribution in [1.29, 1.82) is 0 Å². The van der Waals surface area contributed by atoms with E-state index in [4.69, 9.17) is 5.73 Å². The third-order valence-corrected chi connectivity index (χ3v) is 2.48. The lowest BCUT2D eigenvalue weighted by atomic mass is 9.93. The second kappa shape index (κ2) is 5.44. The van der Waals surface area contributed by atoms with Gasteiger partial charge in [0.2, 0.25) is 5.91 Å². The largest absolute Gasteiger partial charge is 0.372 e. The standard InChI is InChI=1S/C11H17N5O2/c1-11(2,10(12)18)6-15-9(17)7-4-14-5-8(13-3)16-7/h4-5H,6H2,1-3H3,(H2,12,18)(H,13,16)(H,15,17). The van der Waals surface area contributed by atoms with Crippen molar-refractivity contribution in [2.45, 2.75) is 13.8 Å². The minimum atomic E-state index is -0.802. The van der Waals surface area contributed by atoms with E-state index in [0.717, 1.165) is 0 Å². The van der Waals surface area contributed by atoms with E-state index >= 15 is 0 Å². The molecule has 2 amide bonds. The highest BCUT2D eigenvalue weighted by Gasteiger charge is 2.25. The molecule has 1 aromatic heterocycles. The number of nitrogens with zero attached hydrogens (tertiary/aromatic N) is 2. The van der Waals surface area contributed by atoms with E-state index in [1.54, 1.807) is 20.9 Å². The van der Waals surface area contributed by atoms with Gasteiger partial charge < -0.3 is 16.4 Å². The first-order valence-corrected chi connectivity index (χ1v) is 5.44. The normalized spacial score (nSPS) is 10.8. The van der Waals surface area contributed by atoms with Gasteiger partial charge in [-0.05, 0) is 13.8 Å². The highest BCUT2D eigenvalue weighted by atomic mass is 16.2. The molecule has 0 saturated carbocycles. The zero-order valence-corrected chi connectivity index (χ0v) is 10.7. The van der Waals surface area contributed by atoms with Gasteiger partial charge in [0.05, 0.1) is 17.8 Å². The van der Waals surface area contributed by atoms with Gasteiger partial charge in [0.1, 0.15) is 11.5 Å². The first kappa shape index (κ1) is 13.9. The van der Waals surface area contributed by atoms with Crippen LogP contribution >= 0.6 is 0 Å². The predicted molar refractivity (Wildman–Crippen MR) is 66.9 cm³/mol. The molecule has 0 aromatic carbocycles. The van der Waals surface area contributed by atoms with Crippen molar-refractivity contribution in [2.75, 3.05) is 18.9 Å². The van der Waals surface area contributed by atoms with E-state index in [2.05, 4.69) is 20.6 Å². The fourth-order valence-corrected chi connectivity index (χ4v) is 1.07. The van der Waals surface area contributed by atoms with Gasteiger partial charge in [0, 0.05) is 13.6 Å². The van der Waals surface area contributed by atoms with Gasteiger partial charge in [0.15, 0.2) is 0 Å². The van der Waals surface area contributed by atoms with Crippen molar-refractivity contribution >= 4 is 17.6 Å². The third-order valence-electron chi connectivity index (χ3n) is 2.48. The Kier molecular flexibility index (Phi) is 4.19. The molecule has 0 saturated heterocycles. The van der Waals surface area contributed by atoms with Crippen molar-refractivity contribution in [3.8, 4) is 0 Å². The minimum Gasteiger partial charge on any atom is -0.372 e. The molecule has 0 fully saturated rings. The quantitative estimate of drug-likeness (QED) is 0.669. The summed E-state index contributed by atoms with van der Waals surface area (Å²) in [5.41, 5.74) is 4.59. The monoisotopic (exact) mass is 251 g/mol. The Morgan fingerprint density at radius 2 is 2.06 bits per heavy atom. The molecular formula is C11H17N5O2. The van der Waals surface area contributed by atoms with E-state index in [-0.39, 0.29) is 12.2 Å². The molecule has 0 radical (unpaired) electrons. The second-order valence-electron chi connectivity index (χ2n) is 4.47. The summed E-state index contributed by atoms with van der Waals surface area (Å²) < 4.78 is 0. The van der Waals surface area contributed by atoms with Crippen molar-refractivity contribution < 1.29 is 9.59 Å². The van der Waals surface area contributed by atoms with E-state index in [1.165, 1.54) is 12.4 Å². The van der Waals surface area contributed by atoms with Crippen LogP contribution in [0.5, 0.6) is 0 Å². The first-order valence-electron chi connectivity index (χ1n) is 5.44. The molecular weight excluding hydrogens is 234 g/mol. The average molecular weight is 251 g/mol. The molecule has 98 valence electrons. The van der Waals surface area contributed by atoms with E-state index in [9.17, 15) is 9.59 Å². The summed E-state index contributed by atoms with van der Waals surface area (Å²) in [4.78, 5) is 30.8. The third kappa shape index (κ3) is 3.41. The Bertz CT molecular complexity index is 459. The lowest BCUT2D eigenvalue weighted by Gasteiger charge is -2.20. The lowest BCUT2D eigenvalue weighted by Crippen LogP contribution is -2.42. The summed E-state index contributed by atoms with van der Waals surface area (Å²) in [6.07, 6.45) is 2.86. The van der Waals surface area contributed by atoms with Gasteiger partial charge in [-0.3, -0.25) is 14.6 Å².